The molecule has 3 fully saturated rings. The molecule has 0 bridgehead atoms. The van der Waals surface area contributed by atoms with Crippen molar-refractivity contribution in [2.45, 2.75) is 25.3 Å². The van der Waals surface area contributed by atoms with Crippen LogP contribution in [0, 0.1) is 0 Å². The molecule has 2 heterocycles. The van der Waals surface area contributed by atoms with Crippen molar-refractivity contribution in [3.63, 3.8) is 0 Å². The van der Waals surface area contributed by atoms with E-state index >= 15 is 0 Å². The molecule has 1 amide bonds. The van der Waals surface area contributed by atoms with E-state index < -0.39 is 0 Å². The Hall–Kier alpha value is -0.610. The monoisotopic (exact) mass is 451 g/mol. The quantitative estimate of drug-likeness (QED) is 0.378. The molecule has 0 aromatic rings. The lowest BCUT2D eigenvalue weighted by molar-refractivity contribution is -0.136. The van der Waals surface area contributed by atoms with Gasteiger partial charge in [0.05, 0.1) is 19.8 Å². The maximum absolute atomic E-state index is 12.3. The summed E-state index contributed by atoms with van der Waals surface area (Å²) in [6.45, 7) is 7.04. The molecule has 7 nitrogen and oxygen atoms in total. The van der Waals surface area contributed by atoms with E-state index in [-0.39, 0.29) is 29.9 Å². The van der Waals surface area contributed by atoms with E-state index in [4.69, 9.17) is 4.74 Å². The summed E-state index contributed by atoms with van der Waals surface area (Å²) in [5.41, 5.74) is 0. The Balaban J connectivity index is 0.00000208. The van der Waals surface area contributed by atoms with Gasteiger partial charge in [0, 0.05) is 52.4 Å². The molecule has 0 radical (unpaired) electrons. The second kappa shape index (κ2) is 9.76. The Morgan fingerprint density at radius 3 is 2.29 bits per heavy atom. The summed E-state index contributed by atoms with van der Waals surface area (Å²) in [5.74, 6) is 1.26. The fourth-order valence-corrected chi connectivity index (χ4v) is 3.25. The molecule has 0 unspecified atom stereocenters. The molecule has 0 aromatic heterocycles. The van der Waals surface area contributed by atoms with E-state index in [1.54, 1.807) is 0 Å². The van der Waals surface area contributed by atoms with E-state index in [1.807, 2.05) is 11.9 Å². The molecule has 24 heavy (non-hydrogen) atoms. The number of rotatable bonds is 3. The summed E-state index contributed by atoms with van der Waals surface area (Å²) < 4.78 is 5.30. The van der Waals surface area contributed by atoms with Gasteiger partial charge < -0.3 is 19.9 Å². The van der Waals surface area contributed by atoms with Crippen LogP contribution in [-0.4, -0.2) is 98.7 Å². The zero-order valence-electron chi connectivity index (χ0n) is 14.6. The third-order valence-electron chi connectivity index (χ3n) is 5.04. The van der Waals surface area contributed by atoms with E-state index in [0.717, 1.165) is 45.2 Å². The van der Waals surface area contributed by atoms with E-state index in [1.165, 1.54) is 19.3 Å². The Kier molecular flexibility index (Phi) is 8.02. The van der Waals surface area contributed by atoms with Crippen LogP contribution in [0.1, 0.15) is 19.3 Å². The van der Waals surface area contributed by atoms with Crippen molar-refractivity contribution in [2.75, 3.05) is 66.1 Å². The molecule has 0 aromatic carbocycles. The first-order valence-corrected chi connectivity index (χ1v) is 8.82. The minimum Gasteiger partial charge on any atom is -0.378 e. The van der Waals surface area contributed by atoms with Crippen molar-refractivity contribution in [3.05, 3.63) is 0 Å². The lowest BCUT2D eigenvalue weighted by atomic mass is 9.93. The Morgan fingerprint density at radius 1 is 1.08 bits per heavy atom. The Bertz CT molecular complexity index is 430. The van der Waals surface area contributed by atoms with Gasteiger partial charge in [-0.1, -0.05) is 0 Å². The number of piperazine rings is 1. The first-order chi connectivity index (χ1) is 11.3. The number of carbonyl (C=O) groups excluding carboxylic acids is 1. The topological polar surface area (TPSA) is 60.4 Å². The van der Waals surface area contributed by atoms with Gasteiger partial charge in [0.25, 0.3) is 0 Å². The number of hydrogen-bond acceptors (Lipinski definition) is 4. The molecule has 3 rings (SSSR count). The molecule has 3 aliphatic rings. The number of guanidine groups is 1. The standard InChI is InChI=1S/C16H29N5O2.HI/c1-17-16(18-14-3-2-4-14)21-7-5-19(6-8-21)13-15(22)20-9-11-23-12-10-20;/h14H,2-13H2,1H3,(H,17,18);1H. The van der Waals surface area contributed by atoms with E-state index in [2.05, 4.69) is 20.1 Å². The van der Waals surface area contributed by atoms with Crippen molar-refractivity contribution >= 4 is 35.8 Å². The minimum atomic E-state index is 0. The number of nitrogens with one attached hydrogen (secondary N) is 1. The van der Waals surface area contributed by atoms with Gasteiger partial charge >= 0.3 is 0 Å². The molecule has 0 spiro atoms. The summed E-state index contributed by atoms with van der Waals surface area (Å²) >= 11 is 0. The van der Waals surface area contributed by atoms with Crippen LogP contribution in [0.4, 0.5) is 0 Å². The Morgan fingerprint density at radius 2 is 1.75 bits per heavy atom. The number of morpholine rings is 1. The van der Waals surface area contributed by atoms with Crippen LogP contribution >= 0.6 is 24.0 Å². The summed E-state index contributed by atoms with van der Waals surface area (Å²) in [7, 11) is 1.86. The molecule has 8 heteroatoms. The maximum Gasteiger partial charge on any atom is 0.236 e. The van der Waals surface area contributed by atoms with Crippen LogP contribution < -0.4 is 5.32 Å². The lowest BCUT2D eigenvalue weighted by Gasteiger charge is -2.39. The molecule has 2 saturated heterocycles. The second-order valence-corrected chi connectivity index (χ2v) is 6.58. The number of halogens is 1. The highest BCUT2D eigenvalue weighted by molar-refractivity contribution is 14.0. The second-order valence-electron chi connectivity index (χ2n) is 6.58. The first-order valence-electron chi connectivity index (χ1n) is 8.82. The van der Waals surface area contributed by atoms with Gasteiger partial charge in [0.2, 0.25) is 5.91 Å². The van der Waals surface area contributed by atoms with Gasteiger partial charge in [0.15, 0.2) is 5.96 Å². The third-order valence-corrected chi connectivity index (χ3v) is 5.04. The Labute approximate surface area is 161 Å². The lowest BCUT2D eigenvalue weighted by Crippen LogP contribution is -2.56. The maximum atomic E-state index is 12.3. The van der Waals surface area contributed by atoms with Crippen LogP contribution in [0.3, 0.4) is 0 Å². The molecule has 1 saturated carbocycles. The molecule has 138 valence electrons. The van der Waals surface area contributed by atoms with Crippen LogP contribution in [0.2, 0.25) is 0 Å². The third kappa shape index (κ3) is 5.19. The number of amides is 1. The van der Waals surface area contributed by atoms with Crippen LogP contribution in [0.15, 0.2) is 4.99 Å². The highest BCUT2D eigenvalue weighted by atomic mass is 127. The van der Waals surface area contributed by atoms with Gasteiger partial charge in [-0.15, -0.1) is 24.0 Å². The van der Waals surface area contributed by atoms with Crippen molar-refractivity contribution in [2.24, 2.45) is 4.99 Å². The van der Waals surface area contributed by atoms with Crippen molar-refractivity contribution in [3.8, 4) is 0 Å². The highest BCUT2D eigenvalue weighted by Gasteiger charge is 2.26. The molecule has 1 N–H and O–H groups in total. The predicted octanol–water partition coefficient (Wildman–Crippen LogP) is 0.209. The predicted molar refractivity (Wildman–Crippen MR) is 105 cm³/mol. The van der Waals surface area contributed by atoms with Gasteiger partial charge in [-0.3, -0.25) is 14.7 Å². The molecular weight excluding hydrogens is 421 g/mol. The number of hydrogen-bond donors (Lipinski definition) is 1. The van der Waals surface area contributed by atoms with E-state index in [0.29, 0.717) is 25.8 Å². The SMILES string of the molecule is CN=C(NC1CCC1)N1CCN(CC(=O)N2CCOCC2)CC1.I. The zero-order chi connectivity index (χ0) is 16.1. The van der Waals surface area contributed by atoms with Crippen LogP contribution in [0.5, 0.6) is 0 Å². The van der Waals surface area contributed by atoms with Gasteiger partial charge in [-0.25, -0.2) is 0 Å². The van der Waals surface area contributed by atoms with Crippen molar-refractivity contribution in [1.29, 1.82) is 0 Å². The fraction of sp³-hybridized carbons (Fsp3) is 0.875. The summed E-state index contributed by atoms with van der Waals surface area (Å²) in [6, 6.07) is 0.606. The van der Waals surface area contributed by atoms with Gasteiger partial charge in [-0.2, -0.15) is 0 Å². The van der Waals surface area contributed by atoms with Crippen molar-refractivity contribution in [1.82, 2.24) is 20.0 Å². The smallest absolute Gasteiger partial charge is 0.236 e. The minimum absolute atomic E-state index is 0. The summed E-state index contributed by atoms with van der Waals surface area (Å²) in [6.07, 6.45) is 3.84. The molecular formula is C16H30IN5O2. The normalized spacial score (nSPS) is 23.5. The number of aliphatic imine (C=N–C) groups is 1. The zero-order valence-corrected chi connectivity index (χ0v) is 16.9. The summed E-state index contributed by atoms with van der Waals surface area (Å²) in [5, 5.41) is 3.55. The largest absolute Gasteiger partial charge is 0.378 e. The number of ether oxygens (including phenoxy) is 1. The average Bonchev–Trinajstić information content (AvgIpc) is 2.56. The molecule has 0 atom stereocenters. The van der Waals surface area contributed by atoms with Gasteiger partial charge in [-0.05, 0) is 19.3 Å². The first kappa shape index (κ1) is 19.7. The van der Waals surface area contributed by atoms with Crippen LogP contribution in [-0.2, 0) is 9.53 Å². The fourth-order valence-electron chi connectivity index (χ4n) is 3.25. The summed E-state index contributed by atoms with van der Waals surface area (Å²) in [4.78, 5) is 23.2. The van der Waals surface area contributed by atoms with E-state index in [9.17, 15) is 4.79 Å². The molecule has 2 aliphatic heterocycles. The average molecular weight is 451 g/mol. The van der Waals surface area contributed by atoms with Crippen molar-refractivity contribution < 1.29 is 9.53 Å². The highest BCUT2D eigenvalue weighted by Crippen LogP contribution is 2.18. The molecule has 1 aliphatic carbocycles. The van der Waals surface area contributed by atoms with Gasteiger partial charge in [0.1, 0.15) is 0 Å². The van der Waals surface area contributed by atoms with Crippen LogP contribution in [0.25, 0.3) is 0 Å². The number of carbonyl (C=O) groups is 1. The number of nitrogens with zero attached hydrogens (tertiary/aromatic N) is 4.